The number of halogens is 5. The molecule has 1 fully saturated rings. The molecule has 2 bridgehead atoms. The molecule has 0 spiro atoms. The van der Waals surface area contributed by atoms with Crippen LogP contribution in [0, 0.1) is 29.1 Å². The van der Waals surface area contributed by atoms with Crippen molar-refractivity contribution in [3.63, 3.8) is 0 Å². The van der Waals surface area contributed by atoms with Crippen LogP contribution in [0.4, 0.5) is 22.0 Å². The predicted octanol–water partition coefficient (Wildman–Crippen LogP) is 5.29. The molecule has 142 valence electrons. The molecule has 0 aliphatic carbocycles. The first-order chi connectivity index (χ1) is 13.0. The summed E-state index contributed by atoms with van der Waals surface area (Å²) in [7, 11) is 0. The van der Waals surface area contributed by atoms with Gasteiger partial charge in [-0.25, -0.2) is 22.0 Å². The van der Waals surface area contributed by atoms with E-state index in [0.717, 1.165) is 25.0 Å². The maximum atomic E-state index is 14.0. The molecule has 2 atom stereocenters. The molecule has 2 unspecified atom stereocenters. The van der Waals surface area contributed by atoms with Crippen LogP contribution < -0.4 is 0 Å². The number of hydrogen-bond acceptors (Lipinski definition) is 1. The van der Waals surface area contributed by atoms with Gasteiger partial charge in [-0.3, -0.25) is 4.90 Å². The minimum atomic E-state index is -2.11. The van der Waals surface area contributed by atoms with Crippen molar-refractivity contribution in [2.45, 2.75) is 44.3 Å². The summed E-state index contributed by atoms with van der Waals surface area (Å²) in [6, 6.07) is 10.4. The van der Waals surface area contributed by atoms with E-state index in [-0.39, 0.29) is 18.5 Å². The first-order valence-electron chi connectivity index (χ1n) is 8.95. The molecule has 0 saturated carbocycles. The number of rotatable bonds is 4. The molecule has 2 aliphatic rings. The van der Waals surface area contributed by atoms with Crippen molar-refractivity contribution in [2.75, 3.05) is 0 Å². The smallest absolute Gasteiger partial charge is 0.200 e. The molecular weight excluding hydrogens is 361 g/mol. The molecule has 2 heterocycles. The molecule has 1 saturated heterocycles. The lowest BCUT2D eigenvalue weighted by Gasteiger charge is -2.34. The summed E-state index contributed by atoms with van der Waals surface area (Å²) in [4.78, 5) is 2.34. The summed E-state index contributed by atoms with van der Waals surface area (Å²) < 4.78 is 68.0. The van der Waals surface area contributed by atoms with E-state index in [0.29, 0.717) is 6.42 Å². The second-order valence-electron chi connectivity index (χ2n) is 7.21. The molecule has 27 heavy (non-hydrogen) atoms. The van der Waals surface area contributed by atoms with E-state index in [2.05, 4.69) is 4.90 Å². The molecule has 2 aromatic carbocycles. The molecule has 0 radical (unpaired) electrons. The van der Waals surface area contributed by atoms with Crippen molar-refractivity contribution in [1.29, 1.82) is 0 Å². The van der Waals surface area contributed by atoms with Gasteiger partial charge in [-0.2, -0.15) is 0 Å². The quantitative estimate of drug-likeness (QED) is 0.302. The fourth-order valence-electron chi connectivity index (χ4n) is 4.21. The Balaban J connectivity index is 1.57. The van der Waals surface area contributed by atoms with E-state index in [9.17, 15) is 22.0 Å². The topological polar surface area (TPSA) is 3.24 Å². The average molecular weight is 379 g/mol. The Hall–Kier alpha value is -2.21. The van der Waals surface area contributed by atoms with Gasteiger partial charge in [0, 0.05) is 24.2 Å². The fourth-order valence-corrected chi connectivity index (χ4v) is 4.21. The minimum absolute atomic E-state index is 0.125. The highest BCUT2D eigenvalue weighted by Gasteiger charge is 2.37. The number of benzene rings is 2. The Labute approximate surface area is 154 Å². The van der Waals surface area contributed by atoms with Crippen LogP contribution in [0.1, 0.15) is 30.4 Å². The zero-order valence-corrected chi connectivity index (χ0v) is 14.5. The number of nitrogens with zero attached hydrogens (tertiary/aromatic N) is 1. The van der Waals surface area contributed by atoms with Crippen LogP contribution in [0.5, 0.6) is 0 Å². The second-order valence-corrected chi connectivity index (χ2v) is 7.21. The largest absolute Gasteiger partial charge is 0.289 e. The molecular formula is C21H18F5N. The Kier molecular flexibility index (Phi) is 4.76. The van der Waals surface area contributed by atoms with Crippen LogP contribution in [0.3, 0.4) is 0 Å². The van der Waals surface area contributed by atoms with Gasteiger partial charge in [0.25, 0.3) is 0 Å². The van der Waals surface area contributed by atoms with Crippen LogP contribution in [0.15, 0.2) is 42.0 Å². The highest BCUT2D eigenvalue weighted by molar-refractivity contribution is 5.31. The maximum absolute atomic E-state index is 14.0. The average Bonchev–Trinajstić information content (AvgIpc) is 2.91. The molecule has 6 heteroatoms. The van der Waals surface area contributed by atoms with Crippen LogP contribution in [0.2, 0.25) is 0 Å². The second kappa shape index (κ2) is 7.08. The Morgan fingerprint density at radius 2 is 1.44 bits per heavy atom. The van der Waals surface area contributed by atoms with Gasteiger partial charge in [0.15, 0.2) is 23.3 Å². The maximum Gasteiger partial charge on any atom is 0.200 e. The molecule has 0 N–H and O–H groups in total. The van der Waals surface area contributed by atoms with Crippen molar-refractivity contribution in [3.8, 4) is 0 Å². The summed E-state index contributed by atoms with van der Waals surface area (Å²) in [6.45, 7) is 0.780. The van der Waals surface area contributed by atoms with Crippen molar-refractivity contribution in [1.82, 2.24) is 4.90 Å². The van der Waals surface area contributed by atoms with Crippen molar-refractivity contribution < 1.29 is 22.0 Å². The predicted molar refractivity (Wildman–Crippen MR) is 91.4 cm³/mol. The van der Waals surface area contributed by atoms with Crippen molar-refractivity contribution in [3.05, 3.63) is 82.2 Å². The van der Waals surface area contributed by atoms with Crippen LogP contribution in [-0.2, 0) is 13.0 Å². The van der Waals surface area contributed by atoms with Gasteiger partial charge in [0.05, 0.1) is 0 Å². The van der Waals surface area contributed by atoms with Gasteiger partial charge >= 0.3 is 0 Å². The van der Waals surface area contributed by atoms with E-state index < -0.39 is 34.6 Å². The fraction of sp³-hybridized carbons (Fsp3) is 0.333. The number of hydrogen-bond donors (Lipinski definition) is 0. The Bertz CT molecular complexity index is 864. The molecule has 0 aromatic heterocycles. The molecule has 0 amide bonds. The van der Waals surface area contributed by atoms with E-state index in [4.69, 9.17) is 0 Å². The van der Waals surface area contributed by atoms with Gasteiger partial charge in [0.1, 0.15) is 0 Å². The normalized spacial score (nSPS) is 22.2. The highest BCUT2D eigenvalue weighted by Crippen LogP contribution is 2.37. The zero-order chi connectivity index (χ0) is 19.1. The van der Waals surface area contributed by atoms with Crippen molar-refractivity contribution >= 4 is 0 Å². The molecule has 2 aliphatic heterocycles. The highest BCUT2D eigenvalue weighted by atomic mass is 19.2. The van der Waals surface area contributed by atoms with Gasteiger partial charge in [-0.05, 0) is 31.2 Å². The summed E-state index contributed by atoms with van der Waals surface area (Å²) in [5.74, 6) is -9.33. The monoisotopic (exact) mass is 379 g/mol. The molecule has 1 nitrogen and oxygen atoms in total. The molecule has 4 rings (SSSR count). The molecule has 2 aromatic rings. The third kappa shape index (κ3) is 3.27. The lowest BCUT2D eigenvalue weighted by atomic mass is 9.94. The lowest BCUT2D eigenvalue weighted by molar-refractivity contribution is 0.194. The summed E-state index contributed by atoms with van der Waals surface area (Å²) in [5, 5.41) is 0. The van der Waals surface area contributed by atoms with E-state index in [1.807, 2.05) is 36.4 Å². The van der Waals surface area contributed by atoms with Gasteiger partial charge in [-0.1, -0.05) is 42.0 Å². The van der Waals surface area contributed by atoms with E-state index in [1.165, 1.54) is 5.56 Å². The minimum Gasteiger partial charge on any atom is -0.289 e. The zero-order valence-electron chi connectivity index (χ0n) is 14.5. The summed E-state index contributed by atoms with van der Waals surface area (Å²) in [5.41, 5.74) is 1.18. The first-order valence-corrected chi connectivity index (χ1v) is 8.95. The van der Waals surface area contributed by atoms with Crippen LogP contribution in [-0.4, -0.2) is 17.0 Å². The lowest BCUT2D eigenvalue weighted by Crippen LogP contribution is -2.38. The van der Waals surface area contributed by atoms with Gasteiger partial charge in [-0.15, -0.1) is 0 Å². The van der Waals surface area contributed by atoms with Crippen molar-refractivity contribution in [2.24, 2.45) is 0 Å². The SMILES string of the molecule is Fc1c(F)c(F)c(CC2=CC3CCC(C2)N3Cc2ccccc2)c(F)c1F. The third-order valence-electron chi connectivity index (χ3n) is 5.53. The van der Waals surface area contributed by atoms with Crippen LogP contribution >= 0.6 is 0 Å². The van der Waals surface area contributed by atoms with Gasteiger partial charge in [0.2, 0.25) is 5.82 Å². The van der Waals surface area contributed by atoms with Gasteiger partial charge < -0.3 is 0 Å². The summed E-state index contributed by atoms with van der Waals surface area (Å²) in [6.07, 6.45) is 4.14. The first kappa shape index (κ1) is 18.2. The van der Waals surface area contributed by atoms with E-state index in [1.54, 1.807) is 0 Å². The van der Waals surface area contributed by atoms with E-state index >= 15 is 0 Å². The van der Waals surface area contributed by atoms with Crippen LogP contribution in [0.25, 0.3) is 0 Å². The third-order valence-corrected chi connectivity index (χ3v) is 5.53. The Morgan fingerprint density at radius 1 is 0.815 bits per heavy atom. The standard InChI is InChI=1S/C21H18F5N/c22-17-16(18(23)20(25)21(26)19(17)24)10-13-8-14-6-7-15(9-13)27(14)11-12-4-2-1-3-5-12/h1-5,8,14-15H,6-7,9-11H2. The Morgan fingerprint density at radius 3 is 2.07 bits per heavy atom. The number of fused-ring (bicyclic) bond motifs is 2. The summed E-state index contributed by atoms with van der Waals surface area (Å²) >= 11 is 0.